The molecule has 0 N–H and O–H groups in total. The van der Waals surface area contributed by atoms with Gasteiger partial charge in [-0.15, -0.1) is 0 Å². The van der Waals surface area contributed by atoms with Crippen molar-refractivity contribution in [3.05, 3.63) is 40.4 Å². The van der Waals surface area contributed by atoms with Crippen LogP contribution in [-0.2, 0) is 9.59 Å². The minimum Gasteiger partial charge on any atom is -0.336 e. The first-order chi connectivity index (χ1) is 10.8. The molecule has 1 aliphatic heterocycles. The SMILES string of the molecule is O=C(/C=C/c1ccccc1Br)N1CCN(C(=O)C(F)(F)F)CC1. The molecular weight excluding hydrogens is 377 g/mol. The molecule has 23 heavy (non-hydrogen) atoms. The predicted octanol–water partition coefficient (Wildman–Crippen LogP) is 2.70. The number of amides is 2. The molecule has 0 spiro atoms. The molecule has 2 rings (SSSR count). The summed E-state index contributed by atoms with van der Waals surface area (Å²) in [5.41, 5.74) is 0.826. The minimum atomic E-state index is -4.87. The van der Waals surface area contributed by atoms with Crippen LogP contribution < -0.4 is 0 Å². The monoisotopic (exact) mass is 390 g/mol. The lowest BCUT2D eigenvalue weighted by atomic mass is 10.2. The van der Waals surface area contributed by atoms with E-state index in [9.17, 15) is 22.8 Å². The van der Waals surface area contributed by atoms with Crippen molar-refractivity contribution in [1.29, 1.82) is 0 Å². The zero-order chi connectivity index (χ0) is 17.0. The van der Waals surface area contributed by atoms with Gasteiger partial charge in [-0.25, -0.2) is 0 Å². The van der Waals surface area contributed by atoms with Crippen LogP contribution in [0, 0.1) is 0 Å². The number of halogens is 4. The van der Waals surface area contributed by atoms with E-state index in [4.69, 9.17) is 0 Å². The summed E-state index contributed by atoms with van der Waals surface area (Å²) in [4.78, 5) is 25.3. The Morgan fingerprint density at radius 2 is 1.61 bits per heavy atom. The number of carbonyl (C=O) groups is 2. The van der Waals surface area contributed by atoms with Crippen molar-refractivity contribution in [1.82, 2.24) is 9.80 Å². The highest BCUT2D eigenvalue weighted by Crippen LogP contribution is 2.20. The first-order valence-electron chi connectivity index (χ1n) is 6.86. The van der Waals surface area contributed by atoms with E-state index >= 15 is 0 Å². The van der Waals surface area contributed by atoms with Crippen molar-refractivity contribution in [2.75, 3.05) is 26.2 Å². The average molecular weight is 391 g/mol. The number of carbonyl (C=O) groups excluding carboxylic acids is 2. The number of benzene rings is 1. The summed E-state index contributed by atoms with van der Waals surface area (Å²) < 4.78 is 37.9. The van der Waals surface area contributed by atoms with E-state index in [2.05, 4.69) is 15.9 Å². The molecule has 124 valence electrons. The van der Waals surface area contributed by atoms with Gasteiger partial charge in [0, 0.05) is 36.7 Å². The Kier molecular flexibility index (Phi) is 5.46. The van der Waals surface area contributed by atoms with Crippen LogP contribution in [0.2, 0.25) is 0 Å². The van der Waals surface area contributed by atoms with Crippen LogP contribution in [0.25, 0.3) is 6.08 Å². The summed E-state index contributed by atoms with van der Waals surface area (Å²) in [6.07, 6.45) is -1.85. The average Bonchev–Trinajstić information content (AvgIpc) is 2.52. The van der Waals surface area contributed by atoms with Crippen molar-refractivity contribution < 1.29 is 22.8 Å². The number of nitrogens with zero attached hydrogens (tertiary/aromatic N) is 2. The van der Waals surface area contributed by atoms with Crippen LogP contribution in [0.1, 0.15) is 5.56 Å². The third-order valence-corrected chi connectivity index (χ3v) is 4.15. The summed E-state index contributed by atoms with van der Waals surface area (Å²) in [6, 6.07) is 7.34. The summed E-state index contributed by atoms with van der Waals surface area (Å²) in [7, 11) is 0. The fourth-order valence-corrected chi connectivity index (χ4v) is 2.60. The molecule has 1 fully saturated rings. The minimum absolute atomic E-state index is 0.0843. The van der Waals surface area contributed by atoms with Gasteiger partial charge in [0.05, 0.1) is 0 Å². The molecule has 1 aromatic carbocycles. The lowest BCUT2D eigenvalue weighted by molar-refractivity contribution is -0.187. The molecular formula is C15H14BrF3N2O2. The van der Waals surface area contributed by atoms with Crippen LogP contribution >= 0.6 is 15.9 Å². The fraction of sp³-hybridized carbons (Fsp3) is 0.333. The van der Waals surface area contributed by atoms with E-state index in [1.807, 2.05) is 24.3 Å². The first-order valence-corrected chi connectivity index (χ1v) is 7.66. The van der Waals surface area contributed by atoms with Crippen molar-refractivity contribution >= 4 is 33.8 Å². The van der Waals surface area contributed by atoms with Gasteiger partial charge in [0.1, 0.15) is 0 Å². The summed E-state index contributed by atoms with van der Waals surface area (Å²) in [6.45, 7) is -0.0676. The Labute approximate surface area is 139 Å². The molecule has 0 aliphatic carbocycles. The molecule has 1 heterocycles. The highest BCUT2D eigenvalue weighted by Gasteiger charge is 2.43. The van der Waals surface area contributed by atoms with Gasteiger partial charge >= 0.3 is 12.1 Å². The zero-order valence-corrected chi connectivity index (χ0v) is 13.6. The topological polar surface area (TPSA) is 40.6 Å². The molecule has 4 nitrogen and oxygen atoms in total. The van der Waals surface area contributed by atoms with Crippen LogP contribution in [0.4, 0.5) is 13.2 Å². The lowest BCUT2D eigenvalue weighted by Gasteiger charge is -2.34. The Balaban J connectivity index is 1.92. The standard InChI is InChI=1S/C15H14BrF3N2O2/c16-12-4-2-1-3-11(12)5-6-13(22)20-7-9-21(10-8-20)14(23)15(17,18)19/h1-6H,7-10H2/b6-5+. The zero-order valence-electron chi connectivity index (χ0n) is 12.0. The molecule has 0 aromatic heterocycles. The van der Waals surface area contributed by atoms with Gasteiger partial charge in [0.15, 0.2) is 0 Å². The largest absolute Gasteiger partial charge is 0.471 e. The van der Waals surface area contributed by atoms with E-state index in [0.717, 1.165) is 14.9 Å². The predicted molar refractivity (Wildman–Crippen MR) is 82.4 cm³/mol. The molecule has 2 amide bonds. The van der Waals surface area contributed by atoms with E-state index in [0.29, 0.717) is 0 Å². The van der Waals surface area contributed by atoms with E-state index < -0.39 is 12.1 Å². The number of hydrogen-bond acceptors (Lipinski definition) is 2. The highest BCUT2D eigenvalue weighted by molar-refractivity contribution is 9.10. The number of hydrogen-bond donors (Lipinski definition) is 0. The smallest absolute Gasteiger partial charge is 0.336 e. The van der Waals surface area contributed by atoms with Crippen molar-refractivity contribution in [3.63, 3.8) is 0 Å². The molecule has 0 unspecified atom stereocenters. The van der Waals surface area contributed by atoms with Crippen LogP contribution in [-0.4, -0.2) is 54.0 Å². The Morgan fingerprint density at radius 1 is 1.04 bits per heavy atom. The van der Waals surface area contributed by atoms with E-state index in [-0.39, 0.29) is 32.1 Å². The molecule has 0 atom stereocenters. The normalized spacial score (nSPS) is 16.0. The maximum absolute atomic E-state index is 12.3. The number of rotatable bonds is 2. The Morgan fingerprint density at radius 3 is 2.17 bits per heavy atom. The second-order valence-electron chi connectivity index (χ2n) is 4.97. The van der Waals surface area contributed by atoms with Crippen molar-refractivity contribution in [3.8, 4) is 0 Å². The maximum atomic E-state index is 12.3. The molecule has 8 heteroatoms. The van der Waals surface area contributed by atoms with Crippen LogP contribution in [0.3, 0.4) is 0 Å². The van der Waals surface area contributed by atoms with Gasteiger partial charge in [0.25, 0.3) is 0 Å². The number of piperazine rings is 1. The molecule has 0 radical (unpaired) electrons. The summed E-state index contributed by atoms with van der Waals surface area (Å²) in [5.74, 6) is -2.15. The summed E-state index contributed by atoms with van der Waals surface area (Å²) >= 11 is 3.36. The van der Waals surface area contributed by atoms with Crippen LogP contribution in [0.15, 0.2) is 34.8 Å². The van der Waals surface area contributed by atoms with E-state index in [1.165, 1.54) is 11.0 Å². The highest BCUT2D eigenvalue weighted by atomic mass is 79.9. The second kappa shape index (κ2) is 7.16. The molecule has 0 saturated carbocycles. The Bertz CT molecular complexity index is 623. The van der Waals surface area contributed by atoms with Crippen molar-refractivity contribution in [2.45, 2.75) is 6.18 Å². The summed E-state index contributed by atoms with van der Waals surface area (Å²) in [5, 5.41) is 0. The van der Waals surface area contributed by atoms with Crippen molar-refractivity contribution in [2.24, 2.45) is 0 Å². The van der Waals surface area contributed by atoms with Crippen LogP contribution in [0.5, 0.6) is 0 Å². The van der Waals surface area contributed by atoms with Gasteiger partial charge in [0.2, 0.25) is 5.91 Å². The molecule has 1 aliphatic rings. The maximum Gasteiger partial charge on any atom is 0.471 e. The quantitative estimate of drug-likeness (QED) is 0.728. The third-order valence-electron chi connectivity index (χ3n) is 3.43. The van der Waals surface area contributed by atoms with Gasteiger partial charge < -0.3 is 9.80 Å². The van der Waals surface area contributed by atoms with Gasteiger partial charge in [-0.1, -0.05) is 34.1 Å². The van der Waals surface area contributed by atoms with Gasteiger partial charge in [-0.3, -0.25) is 9.59 Å². The number of alkyl halides is 3. The van der Waals surface area contributed by atoms with Gasteiger partial charge in [-0.05, 0) is 17.7 Å². The molecule has 0 bridgehead atoms. The van der Waals surface area contributed by atoms with Gasteiger partial charge in [-0.2, -0.15) is 13.2 Å². The lowest BCUT2D eigenvalue weighted by Crippen LogP contribution is -2.53. The fourth-order valence-electron chi connectivity index (χ4n) is 2.19. The second-order valence-corrected chi connectivity index (χ2v) is 5.82. The molecule has 1 aromatic rings. The third kappa shape index (κ3) is 4.57. The molecule has 1 saturated heterocycles. The Hall–Kier alpha value is -1.83. The first kappa shape index (κ1) is 17.5. The van der Waals surface area contributed by atoms with E-state index in [1.54, 1.807) is 6.08 Å².